The van der Waals surface area contributed by atoms with Gasteiger partial charge in [0.25, 0.3) is 0 Å². The van der Waals surface area contributed by atoms with Crippen molar-refractivity contribution in [2.24, 2.45) is 0 Å². The molecule has 0 saturated heterocycles. The van der Waals surface area contributed by atoms with Gasteiger partial charge in [0.2, 0.25) is 5.78 Å². The van der Waals surface area contributed by atoms with Gasteiger partial charge >= 0.3 is 17.9 Å². The fourth-order valence-corrected chi connectivity index (χ4v) is 4.25. The number of aliphatic carboxylic acids is 1. The van der Waals surface area contributed by atoms with Crippen molar-refractivity contribution in [3.63, 3.8) is 0 Å². The Hall–Kier alpha value is -2.36. The molecule has 0 bridgehead atoms. The van der Waals surface area contributed by atoms with Crippen LogP contribution in [-0.2, 0) is 80.8 Å². The molecule has 0 aromatic heterocycles. The van der Waals surface area contributed by atoms with Crippen molar-refractivity contribution in [1.82, 2.24) is 0 Å². The number of hydrogen-bond donors (Lipinski definition) is 1. The molecular formula is C38H70O18. The van der Waals surface area contributed by atoms with Crippen molar-refractivity contribution in [2.75, 3.05) is 159 Å². The van der Waals surface area contributed by atoms with Gasteiger partial charge in [0.15, 0.2) is 0 Å². The zero-order chi connectivity index (χ0) is 40.8. The van der Waals surface area contributed by atoms with E-state index in [4.69, 9.17) is 66.7 Å². The summed E-state index contributed by atoms with van der Waals surface area (Å²) < 4.78 is 69.7. The zero-order valence-electron chi connectivity index (χ0n) is 33.7. The molecule has 0 fully saturated rings. The molecule has 0 aromatic carbocycles. The largest absolute Gasteiger partial charge is 0.476 e. The van der Waals surface area contributed by atoms with Crippen LogP contribution in [-0.4, -0.2) is 187 Å². The van der Waals surface area contributed by atoms with Crippen LogP contribution in [0.15, 0.2) is 0 Å². The Morgan fingerprint density at radius 3 is 0.857 bits per heavy atom. The Balaban J connectivity index is 3.15. The number of esters is 2. The van der Waals surface area contributed by atoms with Crippen molar-refractivity contribution < 1.29 is 85.9 Å². The number of rotatable bonds is 47. The maximum Gasteiger partial charge on any atom is 0.372 e. The van der Waals surface area contributed by atoms with Crippen LogP contribution in [0.1, 0.15) is 64.7 Å². The van der Waals surface area contributed by atoms with Crippen LogP contribution in [0.2, 0.25) is 0 Å². The highest BCUT2D eigenvalue weighted by Crippen LogP contribution is 2.07. The quantitative estimate of drug-likeness (QED) is 0.0532. The molecule has 56 heavy (non-hydrogen) atoms. The number of Topliss-reactive ketones (excluding diaryl/α,β-unsaturated/α-hetero) is 1. The first-order valence-electron chi connectivity index (χ1n) is 19.9. The van der Waals surface area contributed by atoms with E-state index in [9.17, 15) is 19.2 Å². The van der Waals surface area contributed by atoms with Gasteiger partial charge in [-0.1, -0.05) is 39.0 Å². The number of carboxylic acids is 1. The lowest BCUT2D eigenvalue weighted by Gasteiger charge is -2.09. The monoisotopic (exact) mass is 814 g/mol. The highest BCUT2D eigenvalue weighted by Gasteiger charge is 2.14. The Morgan fingerprint density at radius 1 is 0.321 bits per heavy atom. The Morgan fingerprint density at radius 2 is 0.571 bits per heavy atom. The number of carboxylic acid groups (broad SMARTS) is 1. The molecule has 0 unspecified atom stereocenters. The van der Waals surface area contributed by atoms with E-state index >= 15 is 0 Å². The summed E-state index contributed by atoms with van der Waals surface area (Å²) in [5.41, 5.74) is 0. The van der Waals surface area contributed by atoms with Crippen LogP contribution in [0.25, 0.3) is 0 Å². The molecule has 0 aliphatic rings. The third-order valence-corrected chi connectivity index (χ3v) is 7.23. The number of carbonyl (C=O) groups excluding carboxylic acids is 3. The van der Waals surface area contributed by atoms with Crippen molar-refractivity contribution in [3.05, 3.63) is 0 Å². The maximum atomic E-state index is 11.7. The third kappa shape index (κ3) is 44.4. The fraction of sp³-hybridized carbons (Fsp3) is 0.895. The van der Waals surface area contributed by atoms with Gasteiger partial charge in [0.1, 0.15) is 13.2 Å². The molecule has 0 atom stereocenters. The fourth-order valence-electron chi connectivity index (χ4n) is 4.25. The summed E-state index contributed by atoms with van der Waals surface area (Å²) in [4.78, 5) is 44.4. The lowest BCUT2D eigenvalue weighted by molar-refractivity contribution is -0.151. The summed E-state index contributed by atoms with van der Waals surface area (Å²) in [6.45, 7) is 11.8. The van der Waals surface area contributed by atoms with Crippen molar-refractivity contribution in [1.29, 1.82) is 0 Å². The van der Waals surface area contributed by atoms with Crippen LogP contribution in [0, 0.1) is 0 Å². The molecule has 1 N–H and O–H groups in total. The molecular weight excluding hydrogens is 744 g/mol. The first-order valence-corrected chi connectivity index (χ1v) is 19.9. The van der Waals surface area contributed by atoms with E-state index < -0.39 is 17.7 Å². The average Bonchev–Trinajstić information content (AvgIpc) is 3.19. The lowest BCUT2D eigenvalue weighted by Crippen LogP contribution is -2.17. The van der Waals surface area contributed by atoms with Crippen LogP contribution < -0.4 is 0 Å². The average molecular weight is 815 g/mol. The van der Waals surface area contributed by atoms with Gasteiger partial charge in [-0.15, -0.1) is 0 Å². The van der Waals surface area contributed by atoms with Crippen LogP contribution in [0.3, 0.4) is 0 Å². The van der Waals surface area contributed by atoms with Crippen LogP contribution >= 0.6 is 0 Å². The number of hydrogen-bond acceptors (Lipinski definition) is 17. The highest BCUT2D eigenvalue weighted by atomic mass is 16.6. The molecule has 0 aromatic rings. The van der Waals surface area contributed by atoms with Gasteiger partial charge in [-0.05, 0) is 6.42 Å². The van der Waals surface area contributed by atoms with Gasteiger partial charge in [0, 0.05) is 12.8 Å². The molecule has 0 aliphatic carbocycles. The third-order valence-electron chi connectivity index (χ3n) is 7.23. The zero-order valence-corrected chi connectivity index (χ0v) is 33.7. The number of ether oxygens (including phenoxy) is 13. The second-order valence-electron chi connectivity index (χ2n) is 11.9. The summed E-state index contributed by atoms with van der Waals surface area (Å²) in [6, 6.07) is 0. The summed E-state index contributed by atoms with van der Waals surface area (Å²) >= 11 is 0. The van der Waals surface area contributed by atoms with Gasteiger partial charge in [-0.3, -0.25) is 14.4 Å². The molecule has 0 saturated carbocycles. The topological polar surface area (TPSA) is 208 Å². The smallest absolute Gasteiger partial charge is 0.372 e. The standard InChI is InChI=1S/C38H70O18/c1-2-3-4-5-6-7-8-36(40)55-33-31-53-29-27-51-25-23-49-21-19-47-17-15-45-13-11-44-12-14-46-16-18-48-20-22-50-24-26-52-28-30-54-32-34-56-37(41)10-9-35(39)38(42)43/h2-34H2,1H3,(H,42,43). The molecule has 0 aliphatic heterocycles. The van der Waals surface area contributed by atoms with E-state index in [2.05, 4.69) is 6.92 Å². The number of ketones is 1. The SMILES string of the molecule is CCCCCCCCC(=O)OCCOCCOCCOCCOCCOCCOCCOCCOCCOCCOCCOCCOC(=O)CCC(=O)C(=O)O. The molecule has 0 heterocycles. The van der Waals surface area contributed by atoms with Gasteiger partial charge in [-0.2, -0.15) is 0 Å². The molecule has 0 spiro atoms. The van der Waals surface area contributed by atoms with Crippen LogP contribution in [0.5, 0.6) is 0 Å². The van der Waals surface area contributed by atoms with E-state index in [0.717, 1.165) is 12.8 Å². The summed E-state index contributed by atoms with van der Waals surface area (Å²) in [5.74, 6) is -3.40. The normalized spacial score (nSPS) is 11.2. The minimum atomic E-state index is -1.57. The molecule has 0 amide bonds. The van der Waals surface area contributed by atoms with Crippen molar-refractivity contribution in [2.45, 2.75) is 64.7 Å². The molecule has 0 radical (unpaired) electrons. The molecule has 330 valence electrons. The van der Waals surface area contributed by atoms with Gasteiger partial charge in [-0.25, -0.2) is 4.79 Å². The Bertz CT molecular complexity index is 893. The maximum absolute atomic E-state index is 11.7. The minimum absolute atomic E-state index is 0.00926. The predicted molar refractivity (Wildman–Crippen MR) is 201 cm³/mol. The van der Waals surface area contributed by atoms with Crippen molar-refractivity contribution >= 4 is 23.7 Å². The van der Waals surface area contributed by atoms with E-state index in [1.807, 2.05) is 0 Å². The van der Waals surface area contributed by atoms with E-state index in [0.29, 0.717) is 145 Å². The molecule has 18 heteroatoms. The van der Waals surface area contributed by atoms with Gasteiger partial charge < -0.3 is 66.7 Å². The Labute approximate surface area is 332 Å². The molecule has 0 rings (SSSR count). The lowest BCUT2D eigenvalue weighted by atomic mass is 10.1. The number of carbonyl (C=O) groups is 4. The second kappa shape index (κ2) is 45.3. The van der Waals surface area contributed by atoms with E-state index in [-0.39, 0.29) is 38.6 Å². The Kier molecular flexibility index (Phi) is 43.4. The molecule has 18 nitrogen and oxygen atoms in total. The minimum Gasteiger partial charge on any atom is -0.476 e. The first kappa shape index (κ1) is 53.6. The van der Waals surface area contributed by atoms with Gasteiger partial charge in [0.05, 0.1) is 152 Å². The summed E-state index contributed by atoms with van der Waals surface area (Å²) in [7, 11) is 0. The summed E-state index contributed by atoms with van der Waals surface area (Å²) in [6.07, 6.45) is 6.68. The summed E-state index contributed by atoms with van der Waals surface area (Å²) in [5, 5.41) is 8.45. The number of unbranched alkanes of at least 4 members (excludes halogenated alkanes) is 5. The van der Waals surface area contributed by atoms with E-state index in [1.165, 1.54) is 25.7 Å². The van der Waals surface area contributed by atoms with Crippen molar-refractivity contribution in [3.8, 4) is 0 Å². The highest BCUT2D eigenvalue weighted by molar-refractivity contribution is 6.32. The first-order chi connectivity index (χ1) is 27.5. The van der Waals surface area contributed by atoms with Crippen LogP contribution in [0.4, 0.5) is 0 Å². The predicted octanol–water partition coefficient (Wildman–Crippen LogP) is 2.44. The van der Waals surface area contributed by atoms with E-state index in [1.54, 1.807) is 0 Å². The second-order valence-corrected chi connectivity index (χ2v) is 11.9.